The molecule has 1 N–H and O–H groups in total. The van der Waals surface area contributed by atoms with E-state index in [1.807, 2.05) is 14.0 Å². The summed E-state index contributed by atoms with van der Waals surface area (Å²) in [4.78, 5) is 15.8. The second kappa shape index (κ2) is 5.84. The molecule has 2 aromatic heterocycles. The van der Waals surface area contributed by atoms with Crippen molar-refractivity contribution in [1.82, 2.24) is 20.1 Å². The van der Waals surface area contributed by atoms with Gasteiger partial charge in [-0.05, 0) is 18.6 Å². The minimum Gasteiger partial charge on any atom is -0.352 e. The third kappa shape index (κ3) is 3.32. The highest BCUT2D eigenvalue weighted by atomic mass is 35.5. The van der Waals surface area contributed by atoms with Crippen molar-refractivity contribution in [1.29, 1.82) is 0 Å². The van der Waals surface area contributed by atoms with Crippen LogP contribution in [0.25, 0.3) is 0 Å². The van der Waals surface area contributed by atoms with Gasteiger partial charge in [-0.1, -0.05) is 17.7 Å². The summed E-state index contributed by atoms with van der Waals surface area (Å²) in [7, 11) is 1.87. The average molecular weight is 279 g/mol. The van der Waals surface area contributed by atoms with Crippen LogP contribution in [0.4, 0.5) is 0 Å². The number of nitrogens with one attached hydrogen (secondary N) is 1. The molecule has 0 aromatic carbocycles. The van der Waals surface area contributed by atoms with Gasteiger partial charge < -0.3 is 5.32 Å². The largest absolute Gasteiger partial charge is 0.352 e. The summed E-state index contributed by atoms with van der Waals surface area (Å²) in [5.41, 5.74) is 2.78. The molecule has 0 aliphatic carbocycles. The Kier molecular flexibility index (Phi) is 4.16. The Hall–Kier alpha value is -1.88. The van der Waals surface area contributed by atoms with Gasteiger partial charge in [0.1, 0.15) is 5.15 Å². The molecule has 2 aromatic rings. The molecule has 0 aliphatic rings. The molecule has 2 rings (SSSR count). The number of aromatic nitrogens is 3. The van der Waals surface area contributed by atoms with Crippen LogP contribution in [-0.2, 0) is 24.8 Å². The van der Waals surface area contributed by atoms with Crippen molar-refractivity contribution in [2.24, 2.45) is 7.05 Å². The molecule has 0 spiro atoms. The lowest BCUT2D eigenvalue weighted by Gasteiger charge is -2.06. The van der Waals surface area contributed by atoms with Gasteiger partial charge in [0.25, 0.3) is 0 Å². The summed E-state index contributed by atoms with van der Waals surface area (Å²) in [6.07, 6.45) is 3.58. The second-order valence-corrected chi connectivity index (χ2v) is 4.64. The van der Waals surface area contributed by atoms with Crippen LogP contribution in [0.1, 0.15) is 16.8 Å². The van der Waals surface area contributed by atoms with Crippen LogP contribution in [0.15, 0.2) is 24.5 Å². The van der Waals surface area contributed by atoms with Gasteiger partial charge in [0.15, 0.2) is 0 Å². The molecule has 2 heterocycles. The average Bonchev–Trinajstić information content (AvgIpc) is 2.70. The van der Waals surface area contributed by atoms with E-state index in [1.54, 1.807) is 29.2 Å². The van der Waals surface area contributed by atoms with Crippen molar-refractivity contribution in [3.8, 4) is 0 Å². The van der Waals surface area contributed by atoms with Crippen molar-refractivity contribution in [2.75, 3.05) is 0 Å². The summed E-state index contributed by atoms with van der Waals surface area (Å²) < 4.78 is 1.78. The fraction of sp³-hybridized carbons (Fsp3) is 0.308. The Balaban J connectivity index is 1.92. The number of nitrogens with zero attached hydrogens (tertiary/aromatic N) is 3. The van der Waals surface area contributed by atoms with Gasteiger partial charge in [-0.25, -0.2) is 4.98 Å². The molecular formula is C13H15ClN4O. The predicted molar refractivity (Wildman–Crippen MR) is 72.7 cm³/mol. The van der Waals surface area contributed by atoms with Crippen LogP contribution in [0.2, 0.25) is 5.15 Å². The molecule has 19 heavy (non-hydrogen) atoms. The molecule has 0 fully saturated rings. The van der Waals surface area contributed by atoms with Crippen molar-refractivity contribution in [3.63, 3.8) is 0 Å². The highest BCUT2D eigenvalue weighted by molar-refractivity contribution is 6.30. The number of amides is 1. The normalized spacial score (nSPS) is 10.5. The maximum absolute atomic E-state index is 11.8. The van der Waals surface area contributed by atoms with Crippen molar-refractivity contribution < 1.29 is 4.79 Å². The van der Waals surface area contributed by atoms with E-state index < -0.39 is 0 Å². The number of carbonyl (C=O) groups excluding carboxylic acids is 1. The Morgan fingerprint density at radius 2 is 2.26 bits per heavy atom. The van der Waals surface area contributed by atoms with Gasteiger partial charge in [0.2, 0.25) is 5.91 Å². The van der Waals surface area contributed by atoms with Gasteiger partial charge >= 0.3 is 0 Å². The Bertz CT molecular complexity index is 594. The fourth-order valence-corrected chi connectivity index (χ4v) is 1.88. The van der Waals surface area contributed by atoms with E-state index in [9.17, 15) is 4.79 Å². The van der Waals surface area contributed by atoms with E-state index in [0.29, 0.717) is 11.7 Å². The standard InChI is InChI=1S/C13H15ClN4O/c1-9-11(8-17-18(9)2)7-16-12(19)6-10-4-3-5-15-13(10)14/h3-5,8H,6-7H2,1-2H3,(H,16,19). The first-order chi connectivity index (χ1) is 9.08. The number of carbonyl (C=O) groups is 1. The van der Waals surface area contributed by atoms with Gasteiger partial charge in [-0.2, -0.15) is 5.10 Å². The van der Waals surface area contributed by atoms with Crippen LogP contribution in [-0.4, -0.2) is 20.7 Å². The van der Waals surface area contributed by atoms with E-state index in [-0.39, 0.29) is 12.3 Å². The number of hydrogen-bond donors (Lipinski definition) is 1. The molecular weight excluding hydrogens is 264 g/mol. The lowest BCUT2D eigenvalue weighted by molar-refractivity contribution is -0.120. The van der Waals surface area contributed by atoms with E-state index >= 15 is 0 Å². The molecule has 5 nitrogen and oxygen atoms in total. The molecule has 0 saturated carbocycles. The van der Waals surface area contributed by atoms with E-state index in [0.717, 1.165) is 16.8 Å². The zero-order chi connectivity index (χ0) is 13.8. The third-order valence-electron chi connectivity index (χ3n) is 3.00. The Labute approximate surface area is 116 Å². The minimum absolute atomic E-state index is 0.0850. The van der Waals surface area contributed by atoms with Crippen molar-refractivity contribution in [3.05, 3.63) is 46.5 Å². The first kappa shape index (κ1) is 13.5. The Morgan fingerprint density at radius 1 is 1.47 bits per heavy atom. The summed E-state index contributed by atoms with van der Waals surface area (Å²) in [5.74, 6) is -0.0850. The lowest BCUT2D eigenvalue weighted by Crippen LogP contribution is -2.25. The summed E-state index contributed by atoms with van der Waals surface area (Å²) in [6, 6.07) is 3.56. The highest BCUT2D eigenvalue weighted by Gasteiger charge is 2.09. The van der Waals surface area contributed by atoms with Gasteiger partial charge in [-0.15, -0.1) is 0 Å². The van der Waals surface area contributed by atoms with Gasteiger partial charge in [0, 0.05) is 31.0 Å². The molecule has 0 radical (unpaired) electrons. The molecule has 0 bridgehead atoms. The topological polar surface area (TPSA) is 59.8 Å². The minimum atomic E-state index is -0.0850. The fourth-order valence-electron chi connectivity index (χ4n) is 1.70. The molecule has 6 heteroatoms. The van der Waals surface area contributed by atoms with Gasteiger partial charge in [0.05, 0.1) is 12.6 Å². The van der Waals surface area contributed by atoms with E-state index in [2.05, 4.69) is 15.4 Å². The highest BCUT2D eigenvalue weighted by Crippen LogP contribution is 2.12. The van der Waals surface area contributed by atoms with Crippen LogP contribution < -0.4 is 5.32 Å². The van der Waals surface area contributed by atoms with Crippen molar-refractivity contribution in [2.45, 2.75) is 19.9 Å². The number of rotatable bonds is 4. The maximum atomic E-state index is 11.8. The molecule has 100 valence electrons. The molecule has 0 saturated heterocycles. The van der Waals surface area contributed by atoms with Crippen LogP contribution in [0, 0.1) is 6.92 Å². The smallest absolute Gasteiger partial charge is 0.224 e. The predicted octanol–water partition coefficient (Wildman–Crippen LogP) is 1.64. The molecule has 0 aliphatic heterocycles. The SMILES string of the molecule is Cc1c(CNC(=O)Cc2cccnc2Cl)cnn1C. The maximum Gasteiger partial charge on any atom is 0.224 e. The summed E-state index contributed by atoms with van der Waals surface area (Å²) in [6.45, 7) is 2.43. The van der Waals surface area contributed by atoms with Crippen LogP contribution in [0.5, 0.6) is 0 Å². The van der Waals surface area contributed by atoms with Crippen LogP contribution >= 0.6 is 11.6 Å². The summed E-state index contributed by atoms with van der Waals surface area (Å²) in [5, 5.41) is 7.35. The molecule has 0 atom stereocenters. The lowest BCUT2D eigenvalue weighted by atomic mass is 10.2. The Morgan fingerprint density at radius 3 is 2.89 bits per heavy atom. The molecule has 0 unspecified atom stereocenters. The van der Waals surface area contributed by atoms with Gasteiger partial charge in [-0.3, -0.25) is 9.48 Å². The number of hydrogen-bond acceptors (Lipinski definition) is 3. The summed E-state index contributed by atoms with van der Waals surface area (Å²) >= 11 is 5.91. The second-order valence-electron chi connectivity index (χ2n) is 4.29. The monoisotopic (exact) mass is 278 g/mol. The molecule has 1 amide bonds. The number of halogens is 1. The first-order valence-corrected chi connectivity index (χ1v) is 6.29. The number of aryl methyl sites for hydroxylation is 1. The van der Waals surface area contributed by atoms with Crippen LogP contribution in [0.3, 0.4) is 0 Å². The number of pyridine rings is 1. The zero-order valence-corrected chi connectivity index (χ0v) is 11.6. The van der Waals surface area contributed by atoms with E-state index in [1.165, 1.54) is 0 Å². The van der Waals surface area contributed by atoms with E-state index in [4.69, 9.17) is 11.6 Å². The first-order valence-electron chi connectivity index (χ1n) is 5.91. The third-order valence-corrected chi connectivity index (χ3v) is 3.34. The quantitative estimate of drug-likeness (QED) is 0.865. The van der Waals surface area contributed by atoms with Crippen molar-refractivity contribution >= 4 is 17.5 Å². The zero-order valence-electron chi connectivity index (χ0n) is 10.9.